The summed E-state index contributed by atoms with van der Waals surface area (Å²) in [6.45, 7) is 2.16. The molecule has 0 N–H and O–H groups in total. The monoisotopic (exact) mass is 367 g/mol. The van der Waals surface area contributed by atoms with Gasteiger partial charge < -0.3 is 4.57 Å². The molecule has 0 spiro atoms. The largest absolute Gasteiger partial charge is 0.307 e. The highest BCUT2D eigenvalue weighted by Crippen LogP contribution is 2.44. The molecule has 2 atom stereocenters. The number of rotatable bonds is 5. The lowest BCUT2D eigenvalue weighted by molar-refractivity contribution is 0.383. The Kier molecular flexibility index (Phi) is 4.85. The lowest BCUT2D eigenvalue weighted by Crippen LogP contribution is -2.40. The van der Waals surface area contributed by atoms with Gasteiger partial charge in [-0.1, -0.05) is 48.5 Å². The fraction of sp³-hybridized carbons (Fsp3) is 0.125. The summed E-state index contributed by atoms with van der Waals surface area (Å²) in [5, 5.41) is 0. The molecule has 4 nitrogen and oxygen atoms in total. The highest BCUT2D eigenvalue weighted by Gasteiger charge is 2.40. The van der Waals surface area contributed by atoms with Gasteiger partial charge in [-0.2, -0.15) is 0 Å². The summed E-state index contributed by atoms with van der Waals surface area (Å²) in [5.74, 6) is 0. The highest BCUT2D eigenvalue weighted by molar-refractivity contribution is 5.43. The maximum atomic E-state index is 12.9. The fourth-order valence-corrected chi connectivity index (χ4v) is 3.90. The Morgan fingerprint density at radius 3 is 2.11 bits per heavy atom. The second kappa shape index (κ2) is 7.61. The topological polar surface area (TPSA) is 47.8 Å². The number of benzene rings is 1. The fourth-order valence-electron chi connectivity index (χ4n) is 3.90. The van der Waals surface area contributed by atoms with E-state index < -0.39 is 5.41 Å². The molecule has 4 aromatic rings. The number of aromatic nitrogens is 3. The Labute approximate surface area is 164 Å². The number of pyridine rings is 3. The zero-order chi connectivity index (χ0) is 19.4. The van der Waals surface area contributed by atoms with Crippen molar-refractivity contribution in [3.63, 3.8) is 0 Å². The minimum Gasteiger partial charge on any atom is -0.307 e. The number of hydrogen-bond donors (Lipinski definition) is 0. The molecule has 28 heavy (non-hydrogen) atoms. The molecule has 4 heteroatoms. The first-order valence-electron chi connectivity index (χ1n) is 9.24. The van der Waals surface area contributed by atoms with Gasteiger partial charge in [-0.15, -0.1) is 0 Å². The van der Waals surface area contributed by atoms with Crippen LogP contribution in [-0.2, 0) is 5.41 Å². The minimum absolute atomic E-state index is 0.0533. The molecular weight excluding hydrogens is 346 g/mol. The van der Waals surface area contributed by atoms with Crippen molar-refractivity contribution in [3.8, 4) is 0 Å². The Morgan fingerprint density at radius 1 is 0.786 bits per heavy atom. The van der Waals surface area contributed by atoms with E-state index in [1.165, 1.54) is 0 Å². The van der Waals surface area contributed by atoms with Crippen LogP contribution >= 0.6 is 0 Å². The maximum Gasteiger partial charge on any atom is 0.251 e. The molecule has 0 bridgehead atoms. The zero-order valence-electron chi connectivity index (χ0n) is 15.6. The summed E-state index contributed by atoms with van der Waals surface area (Å²) in [7, 11) is 0. The molecule has 0 saturated heterocycles. The van der Waals surface area contributed by atoms with E-state index in [0.717, 1.165) is 16.7 Å². The van der Waals surface area contributed by atoms with Crippen LogP contribution < -0.4 is 5.56 Å². The van der Waals surface area contributed by atoms with Gasteiger partial charge in [0.05, 0.1) is 6.04 Å². The SMILES string of the molecule is CC(c1ccccc1)(c1cccnc1)C(c1cccnc1)n1ccccc1=O. The van der Waals surface area contributed by atoms with Crippen molar-refractivity contribution in [3.05, 3.63) is 131 Å². The van der Waals surface area contributed by atoms with Gasteiger partial charge >= 0.3 is 0 Å². The molecule has 0 amide bonds. The van der Waals surface area contributed by atoms with E-state index in [0.29, 0.717) is 0 Å². The van der Waals surface area contributed by atoms with Crippen molar-refractivity contribution in [1.29, 1.82) is 0 Å². The second-order valence-corrected chi connectivity index (χ2v) is 6.95. The average Bonchev–Trinajstić information content (AvgIpc) is 2.77. The quantitative estimate of drug-likeness (QED) is 0.530. The third-order valence-electron chi connectivity index (χ3n) is 5.31. The Morgan fingerprint density at radius 2 is 1.46 bits per heavy atom. The van der Waals surface area contributed by atoms with Crippen molar-refractivity contribution in [1.82, 2.24) is 14.5 Å². The maximum absolute atomic E-state index is 12.9. The predicted octanol–water partition coefficient (Wildman–Crippen LogP) is 4.23. The lowest BCUT2D eigenvalue weighted by Gasteiger charge is -2.40. The van der Waals surface area contributed by atoms with Crippen LogP contribution in [0.3, 0.4) is 0 Å². The summed E-state index contributed by atoms with van der Waals surface area (Å²) < 4.78 is 1.79. The third kappa shape index (κ3) is 3.14. The van der Waals surface area contributed by atoms with E-state index in [2.05, 4.69) is 35.1 Å². The van der Waals surface area contributed by atoms with E-state index in [1.54, 1.807) is 29.1 Å². The smallest absolute Gasteiger partial charge is 0.251 e. The molecule has 4 rings (SSSR count). The van der Waals surface area contributed by atoms with Crippen LogP contribution in [0.1, 0.15) is 29.7 Å². The summed E-state index contributed by atoms with van der Waals surface area (Å²) >= 11 is 0. The third-order valence-corrected chi connectivity index (χ3v) is 5.31. The number of nitrogens with zero attached hydrogens (tertiary/aromatic N) is 3. The average molecular weight is 367 g/mol. The van der Waals surface area contributed by atoms with Crippen LogP contribution in [0.25, 0.3) is 0 Å². The van der Waals surface area contributed by atoms with Crippen molar-refractivity contribution in [2.75, 3.05) is 0 Å². The van der Waals surface area contributed by atoms with Crippen molar-refractivity contribution in [2.24, 2.45) is 0 Å². The predicted molar refractivity (Wildman–Crippen MR) is 110 cm³/mol. The summed E-state index contributed by atoms with van der Waals surface area (Å²) in [4.78, 5) is 21.6. The molecular formula is C24H21N3O. The normalized spacial score (nSPS) is 14.2. The number of hydrogen-bond acceptors (Lipinski definition) is 3. The van der Waals surface area contributed by atoms with E-state index in [-0.39, 0.29) is 11.6 Å². The molecule has 0 radical (unpaired) electrons. The summed E-state index contributed by atoms with van der Waals surface area (Å²) in [5.41, 5.74) is 2.51. The Bertz CT molecular complexity index is 1050. The van der Waals surface area contributed by atoms with Crippen molar-refractivity contribution in [2.45, 2.75) is 18.4 Å². The Balaban J connectivity index is 2.06. The Hall–Kier alpha value is -3.53. The van der Waals surface area contributed by atoms with Crippen LogP contribution in [0.15, 0.2) is 109 Å². The molecule has 2 unspecified atom stereocenters. The first kappa shape index (κ1) is 17.9. The van der Waals surface area contributed by atoms with Crippen molar-refractivity contribution < 1.29 is 0 Å². The highest BCUT2D eigenvalue weighted by atomic mass is 16.1. The van der Waals surface area contributed by atoms with Crippen LogP contribution in [-0.4, -0.2) is 14.5 Å². The molecule has 138 valence electrons. The molecule has 0 fully saturated rings. The summed E-state index contributed by atoms with van der Waals surface area (Å²) in [6, 6.07) is 23.1. The van der Waals surface area contributed by atoms with E-state index in [1.807, 2.05) is 61.1 Å². The first-order valence-corrected chi connectivity index (χ1v) is 9.24. The van der Waals surface area contributed by atoms with Crippen LogP contribution in [0.5, 0.6) is 0 Å². The molecule has 3 aromatic heterocycles. The molecule has 1 aromatic carbocycles. The van der Waals surface area contributed by atoms with E-state index in [9.17, 15) is 4.79 Å². The molecule has 3 heterocycles. The van der Waals surface area contributed by atoms with E-state index >= 15 is 0 Å². The van der Waals surface area contributed by atoms with Gasteiger partial charge in [0.2, 0.25) is 0 Å². The van der Waals surface area contributed by atoms with Gasteiger partial charge in [0.15, 0.2) is 0 Å². The first-order chi connectivity index (χ1) is 13.7. The second-order valence-electron chi connectivity index (χ2n) is 6.95. The molecule has 0 aliphatic heterocycles. The molecule has 0 aliphatic rings. The minimum atomic E-state index is -0.538. The molecule has 0 saturated carbocycles. The van der Waals surface area contributed by atoms with Crippen LogP contribution in [0.2, 0.25) is 0 Å². The van der Waals surface area contributed by atoms with Crippen molar-refractivity contribution >= 4 is 0 Å². The van der Waals surface area contributed by atoms with Gasteiger partial charge in [0.25, 0.3) is 5.56 Å². The lowest BCUT2D eigenvalue weighted by atomic mass is 9.69. The zero-order valence-corrected chi connectivity index (χ0v) is 15.6. The van der Waals surface area contributed by atoms with Crippen LogP contribution in [0, 0.1) is 0 Å². The standard InChI is InChI=1S/C24H21N3O/c1-24(20-10-3-2-4-11-20,21-12-8-15-26-18-21)23(19-9-7-14-25-17-19)27-16-6-5-13-22(27)28/h2-18,23H,1H3. The van der Waals surface area contributed by atoms with Gasteiger partial charge in [0, 0.05) is 42.5 Å². The van der Waals surface area contributed by atoms with E-state index in [4.69, 9.17) is 0 Å². The van der Waals surface area contributed by atoms with Gasteiger partial charge in [0.1, 0.15) is 0 Å². The summed E-state index contributed by atoms with van der Waals surface area (Å²) in [6.07, 6.45) is 9.07. The van der Waals surface area contributed by atoms with Gasteiger partial charge in [-0.3, -0.25) is 14.8 Å². The molecule has 0 aliphatic carbocycles. The van der Waals surface area contributed by atoms with Gasteiger partial charge in [-0.25, -0.2) is 0 Å². The van der Waals surface area contributed by atoms with Crippen LogP contribution in [0.4, 0.5) is 0 Å². The van der Waals surface area contributed by atoms with Gasteiger partial charge in [-0.05, 0) is 41.8 Å².